The van der Waals surface area contributed by atoms with E-state index in [1.165, 1.54) is 17.4 Å². The zero-order valence-corrected chi connectivity index (χ0v) is 11.7. The molecule has 106 valence electrons. The van der Waals surface area contributed by atoms with E-state index >= 15 is 0 Å². The monoisotopic (exact) mass is 295 g/mol. The van der Waals surface area contributed by atoms with Crippen molar-refractivity contribution in [3.8, 4) is 0 Å². The SMILES string of the molecule is Cc1csc(NC(=O)NCc2cc(C(=O)O)c(C)o2)n1. The summed E-state index contributed by atoms with van der Waals surface area (Å²) in [6.07, 6.45) is 0. The van der Waals surface area contributed by atoms with Crippen LogP contribution in [0.25, 0.3) is 0 Å². The molecule has 0 aliphatic rings. The number of hydrogen-bond donors (Lipinski definition) is 3. The number of carboxylic acid groups (broad SMARTS) is 1. The molecule has 2 aromatic heterocycles. The Morgan fingerprint density at radius 2 is 2.20 bits per heavy atom. The highest BCUT2D eigenvalue weighted by Gasteiger charge is 2.14. The number of furan rings is 1. The summed E-state index contributed by atoms with van der Waals surface area (Å²) in [5.74, 6) is -0.365. The fraction of sp³-hybridized carbons (Fsp3) is 0.250. The van der Waals surface area contributed by atoms with Gasteiger partial charge in [-0.2, -0.15) is 0 Å². The summed E-state index contributed by atoms with van der Waals surface area (Å²) in [4.78, 5) is 26.5. The van der Waals surface area contributed by atoms with Crippen LogP contribution in [0.3, 0.4) is 0 Å². The summed E-state index contributed by atoms with van der Waals surface area (Å²) >= 11 is 1.33. The number of rotatable bonds is 4. The lowest BCUT2D eigenvalue weighted by Crippen LogP contribution is -2.27. The van der Waals surface area contributed by atoms with Crippen molar-refractivity contribution in [3.05, 3.63) is 34.2 Å². The first kappa shape index (κ1) is 14.1. The second-order valence-electron chi connectivity index (χ2n) is 4.09. The molecule has 0 aromatic carbocycles. The molecule has 3 N–H and O–H groups in total. The average molecular weight is 295 g/mol. The van der Waals surface area contributed by atoms with Crippen molar-refractivity contribution < 1.29 is 19.1 Å². The van der Waals surface area contributed by atoms with Gasteiger partial charge in [0.2, 0.25) is 0 Å². The summed E-state index contributed by atoms with van der Waals surface area (Å²) in [6.45, 7) is 3.49. The Kier molecular flexibility index (Phi) is 4.04. The largest absolute Gasteiger partial charge is 0.478 e. The van der Waals surface area contributed by atoms with Crippen LogP contribution in [-0.2, 0) is 6.54 Å². The van der Waals surface area contributed by atoms with Crippen LogP contribution < -0.4 is 10.6 Å². The van der Waals surface area contributed by atoms with Crippen LogP contribution in [0, 0.1) is 13.8 Å². The molecule has 0 saturated heterocycles. The minimum Gasteiger partial charge on any atom is -0.478 e. The lowest BCUT2D eigenvalue weighted by atomic mass is 10.2. The van der Waals surface area contributed by atoms with Crippen molar-refractivity contribution in [1.29, 1.82) is 0 Å². The molecule has 0 aliphatic carbocycles. The number of carbonyl (C=O) groups excluding carboxylic acids is 1. The molecule has 20 heavy (non-hydrogen) atoms. The summed E-state index contributed by atoms with van der Waals surface area (Å²) in [5.41, 5.74) is 0.927. The second kappa shape index (κ2) is 5.74. The van der Waals surface area contributed by atoms with Crippen LogP contribution in [-0.4, -0.2) is 22.1 Å². The minimum atomic E-state index is -1.06. The first-order valence-electron chi connectivity index (χ1n) is 5.75. The minimum absolute atomic E-state index is 0.0951. The highest BCUT2D eigenvalue weighted by molar-refractivity contribution is 7.13. The van der Waals surface area contributed by atoms with E-state index in [2.05, 4.69) is 15.6 Å². The quantitative estimate of drug-likeness (QED) is 0.803. The van der Waals surface area contributed by atoms with Crippen molar-refractivity contribution in [2.24, 2.45) is 0 Å². The molecule has 0 aliphatic heterocycles. The molecular formula is C12H13N3O4S. The molecule has 2 rings (SSSR count). The van der Waals surface area contributed by atoms with Crippen LogP contribution in [0.4, 0.5) is 9.93 Å². The Hall–Kier alpha value is -2.35. The van der Waals surface area contributed by atoms with Crippen molar-refractivity contribution in [3.63, 3.8) is 0 Å². The fourth-order valence-electron chi connectivity index (χ4n) is 1.56. The van der Waals surface area contributed by atoms with E-state index in [-0.39, 0.29) is 12.1 Å². The Bertz CT molecular complexity index is 647. The predicted octanol–water partition coefficient (Wildman–Crippen LogP) is 2.37. The van der Waals surface area contributed by atoms with Crippen LogP contribution in [0.1, 0.15) is 27.6 Å². The lowest BCUT2D eigenvalue weighted by molar-refractivity contribution is 0.0695. The van der Waals surface area contributed by atoms with Gasteiger partial charge < -0.3 is 14.8 Å². The standard InChI is InChI=1S/C12H13N3O4S/c1-6-5-20-12(14-6)15-11(18)13-4-8-3-9(10(16)17)7(2)19-8/h3,5H,4H2,1-2H3,(H,16,17)(H2,13,14,15,18). The van der Waals surface area contributed by atoms with Gasteiger partial charge in [0.25, 0.3) is 0 Å². The number of aromatic nitrogens is 1. The number of aromatic carboxylic acids is 1. The van der Waals surface area contributed by atoms with Gasteiger partial charge >= 0.3 is 12.0 Å². The molecule has 0 bridgehead atoms. The van der Waals surface area contributed by atoms with Gasteiger partial charge in [-0.05, 0) is 19.9 Å². The topological polar surface area (TPSA) is 104 Å². The molecule has 2 amide bonds. The van der Waals surface area contributed by atoms with Gasteiger partial charge in [-0.3, -0.25) is 5.32 Å². The molecule has 2 heterocycles. The molecule has 0 spiro atoms. The molecule has 2 aromatic rings. The first-order valence-corrected chi connectivity index (χ1v) is 6.63. The predicted molar refractivity (Wildman–Crippen MR) is 73.1 cm³/mol. The molecule has 7 nitrogen and oxygen atoms in total. The lowest BCUT2D eigenvalue weighted by Gasteiger charge is -2.02. The summed E-state index contributed by atoms with van der Waals surface area (Å²) < 4.78 is 5.24. The number of hydrogen-bond acceptors (Lipinski definition) is 5. The molecule has 0 fully saturated rings. The van der Waals surface area contributed by atoms with Crippen molar-refractivity contribution in [1.82, 2.24) is 10.3 Å². The summed E-state index contributed by atoms with van der Waals surface area (Å²) in [5, 5.41) is 16.4. The first-order chi connectivity index (χ1) is 9.45. The average Bonchev–Trinajstić information content (AvgIpc) is 2.93. The van der Waals surface area contributed by atoms with Gasteiger partial charge in [0, 0.05) is 5.38 Å². The zero-order valence-electron chi connectivity index (χ0n) is 10.9. The van der Waals surface area contributed by atoms with E-state index in [1.54, 1.807) is 6.92 Å². The fourth-order valence-corrected chi connectivity index (χ4v) is 2.25. The van der Waals surface area contributed by atoms with E-state index in [0.29, 0.717) is 16.7 Å². The van der Waals surface area contributed by atoms with E-state index in [9.17, 15) is 9.59 Å². The summed E-state index contributed by atoms with van der Waals surface area (Å²) in [6, 6.07) is 0.969. The van der Waals surface area contributed by atoms with Gasteiger partial charge in [-0.15, -0.1) is 11.3 Å². The molecular weight excluding hydrogens is 282 g/mol. The number of anilines is 1. The number of aryl methyl sites for hydroxylation is 2. The molecule has 0 saturated carbocycles. The molecule has 0 radical (unpaired) electrons. The van der Waals surface area contributed by atoms with Gasteiger partial charge in [-0.1, -0.05) is 0 Å². The van der Waals surface area contributed by atoms with Crippen molar-refractivity contribution in [2.45, 2.75) is 20.4 Å². The third kappa shape index (κ3) is 3.35. The molecule has 0 atom stereocenters. The maximum absolute atomic E-state index is 11.6. The number of carbonyl (C=O) groups is 2. The maximum Gasteiger partial charge on any atom is 0.339 e. The third-order valence-electron chi connectivity index (χ3n) is 2.46. The van der Waals surface area contributed by atoms with E-state index < -0.39 is 12.0 Å². The van der Waals surface area contributed by atoms with Crippen LogP contribution in [0.15, 0.2) is 15.9 Å². The number of nitrogens with zero attached hydrogens (tertiary/aromatic N) is 1. The number of nitrogens with one attached hydrogen (secondary N) is 2. The Balaban J connectivity index is 1.90. The van der Waals surface area contributed by atoms with Crippen LogP contribution >= 0.6 is 11.3 Å². The number of thiazole rings is 1. The van der Waals surface area contributed by atoms with E-state index in [4.69, 9.17) is 9.52 Å². The smallest absolute Gasteiger partial charge is 0.339 e. The van der Waals surface area contributed by atoms with E-state index in [0.717, 1.165) is 5.69 Å². The summed E-state index contributed by atoms with van der Waals surface area (Å²) in [7, 11) is 0. The number of urea groups is 1. The highest BCUT2D eigenvalue weighted by Crippen LogP contribution is 2.15. The van der Waals surface area contributed by atoms with Gasteiger partial charge in [-0.25, -0.2) is 14.6 Å². The van der Waals surface area contributed by atoms with E-state index in [1.807, 2.05) is 12.3 Å². The third-order valence-corrected chi connectivity index (χ3v) is 3.34. The van der Waals surface area contributed by atoms with Crippen molar-refractivity contribution in [2.75, 3.05) is 5.32 Å². The van der Waals surface area contributed by atoms with Crippen LogP contribution in [0.5, 0.6) is 0 Å². The second-order valence-corrected chi connectivity index (χ2v) is 4.95. The Labute approximate surface area is 118 Å². The van der Waals surface area contributed by atoms with Gasteiger partial charge in [0.05, 0.1) is 12.2 Å². The maximum atomic E-state index is 11.6. The number of amides is 2. The number of carboxylic acids is 1. The van der Waals surface area contributed by atoms with Gasteiger partial charge in [0.1, 0.15) is 17.1 Å². The zero-order chi connectivity index (χ0) is 14.7. The van der Waals surface area contributed by atoms with Crippen LogP contribution in [0.2, 0.25) is 0 Å². The Morgan fingerprint density at radius 3 is 2.75 bits per heavy atom. The molecule has 0 unspecified atom stereocenters. The highest BCUT2D eigenvalue weighted by atomic mass is 32.1. The molecule has 8 heteroatoms. The Morgan fingerprint density at radius 1 is 1.45 bits per heavy atom. The van der Waals surface area contributed by atoms with Gasteiger partial charge in [0.15, 0.2) is 5.13 Å². The van der Waals surface area contributed by atoms with Crippen molar-refractivity contribution >= 4 is 28.5 Å². The normalized spacial score (nSPS) is 10.3.